The molecule has 0 saturated heterocycles. The van der Waals surface area contributed by atoms with Crippen molar-refractivity contribution in [2.45, 2.75) is 12.5 Å². The topological polar surface area (TPSA) is 48.2 Å². The predicted molar refractivity (Wildman–Crippen MR) is 59.6 cm³/mol. The maximum absolute atomic E-state index is 5.80. The van der Waals surface area contributed by atoms with Crippen LogP contribution in [-0.4, -0.2) is 10.2 Å². The Morgan fingerprint density at radius 3 is 2.75 bits per heavy atom. The lowest BCUT2D eigenvalue weighted by Gasteiger charge is -2.02. The number of ether oxygens (including phenoxy) is 1. The van der Waals surface area contributed by atoms with Gasteiger partial charge >= 0.3 is 0 Å². The molecule has 0 amide bonds. The molecule has 1 aromatic heterocycles. The number of nitrogens with zero attached hydrogens (tertiary/aromatic N) is 2. The minimum Gasteiger partial charge on any atom is -0.484 e. The van der Waals surface area contributed by atoms with Crippen LogP contribution < -0.4 is 4.74 Å². The van der Waals surface area contributed by atoms with Gasteiger partial charge in [0, 0.05) is 5.02 Å². The van der Waals surface area contributed by atoms with Gasteiger partial charge in [-0.05, 0) is 18.2 Å². The molecule has 84 valence electrons. The van der Waals surface area contributed by atoms with Gasteiger partial charge in [0.2, 0.25) is 5.89 Å². The zero-order valence-corrected chi connectivity index (χ0v) is 9.70. The van der Waals surface area contributed by atoms with Gasteiger partial charge < -0.3 is 9.15 Å². The first kappa shape index (κ1) is 11.2. The van der Waals surface area contributed by atoms with E-state index in [9.17, 15) is 0 Å². The van der Waals surface area contributed by atoms with Crippen molar-refractivity contribution in [3.63, 3.8) is 0 Å². The quantitative estimate of drug-likeness (QED) is 0.792. The zero-order valence-electron chi connectivity index (χ0n) is 8.19. The average Bonchev–Trinajstić information content (AvgIpc) is 2.74. The van der Waals surface area contributed by atoms with Crippen LogP contribution in [0.4, 0.5) is 0 Å². The smallest absolute Gasteiger partial charge is 0.253 e. The molecule has 0 aliphatic rings. The van der Waals surface area contributed by atoms with Crippen molar-refractivity contribution in [2.24, 2.45) is 0 Å². The van der Waals surface area contributed by atoms with Gasteiger partial charge in [0.25, 0.3) is 5.89 Å². The fraction of sp³-hybridized carbons (Fsp3) is 0.200. The highest BCUT2D eigenvalue weighted by Gasteiger charge is 2.05. The Kier molecular flexibility index (Phi) is 3.64. The number of hydrogen-bond acceptors (Lipinski definition) is 4. The maximum atomic E-state index is 5.80. The van der Waals surface area contributed by atoms with E-state index in [0.717, 1.165) is 0 Å². The van der Waals surface area contributed by atoms with Crippen molar-refractivity contribution in [3.05, 3.63) is 41.1 Å². The van der Waals surface area contributed by atoms with Gasteiger partial charge in [-0.3, -0.25) is 0 Å². The van der Waals surface area contributed by atoms with Crippen LogP contribution in [0, 0.1) is 0 Å². The number of rotatable bonds is 4. The Morgan fingerprint density at radius 2 is 2.06 bits per heavy atom. The molecule has 0 spiro atoms. The second kappa shape index (κ2) is 5.18. The van der Waals surface area contributed by atoms with E-state index in [-0.39, 0.29) is 12.5 Å². The van der Waals surface area contributed by atoms with Gasteiger partial charge in [0.15, 0.2) is 6.61 Å². The molecule has 0 N–H and O–H groups in total. The van der Waals surface area contributed by atoms with E-state index in [0.29, 0.717) is 22.6 Å². The van der Waals surface area contributed by atoms with Crippen LogP contribution in [0.3, 0.4) is 0 Å². The predicted octanol–water partition coefficient (Wildman–Crippen LogP) is 3.04. The molecule has 0 bridgehead atoms. The summed E-state index contributed by atoms with van der Waals surface area (Å²) in [5.74, 6) is 1.62. The summed E-state index contributed by atoms with van der Waals surface area (Å²) in [6.45, 7) is 0.199. The standard InChI is InChI=1S/C10H8Cl2N2O2/c11-5-9-13-14-10(16-9)6-15-8-3-1-2-7(12)4-8/h1-4H,5-6H2. The molecule has 2 rings (SSSR count). The van der Waals surface area contributed by atoms with E-state index in [2.05, 4.69) is 10.2 Å². The van der Waals surface area contributed by atoms with Crippen LogP contribution in [0.1, 0.15) is 11.8 Å². The maximum Gasteiger partial charge on any atom is 0.253 e. The molecule has 0 atom stereocenters. The molecule has 0 aliphatic carbocycles. The number of hydrogen-bond donors (Lipinski definition) is 0. The molecule has 2 aromatic rings. The highest BCUT2D eigenvalue weighted by atomic mass is 35.5. The van der Waals surface area contributed by atoms with Gasteiger partial charge in [-0.1, -0.05) is 17.7 Å². The monoisotopic (exact) mass is 258 g/mol. The molecular formula is C10H8Cl2N2O2. The lowest BCUT2D eigenvalue weighted by atomic mass is 10.3. The molecule has 1 heterocycles. The minimum absolute atomic E-state index is 0.199. The summed E-state index contributed by atoms with van der Waals surface area (Å²) in [6.07, 6.45) is 0. The molecule has 0 saturated carbocycles. The molecule has 6 heteroatoms. The van der Waals surface area contributed by atoms with Gasteiger partial charge in [-0.25, -0.2) is 0 Å². The normalized spacial score (nSPS) is 10.4. The Bertz CT molecular complexity index is 473. The molecule has 4 nitrogen and oxygen atoms in total. The van der Waals surface area contributed by atoms with Crippen molar-refractivity contribution in [1.82, 2.24) is 10.2 Å². The molecule has 1 aromatic carbocycles. The second-order valence-electron chi connectivity index (χ2n) is 2.97. The highest BCUT2D eigenvalue weighted by molar-refractivity contribution is 6.30. The average molecular weight is 259 g/mol. The number of benzene rings is 1. The van der Waals surface area contributed by atoms with Crippen LogP contribution >= 0.6 is 23.2 Å². The van der Waals surface area contributed by atoms with Crippen LogP contribution in [0.25, 0.3) is 0 Å². The molecule has 0 radical (unpaired) electrons. The number of alkyl halides is 1. The van der Waals surface area contributed by atoms with E-state index >= 15 is 0 Å². The van der Waals surface area contributed by atoms with Crippen molar-refractivity contribution in [3.8, 4) is 5.75 Å². The summed E-state index contributed by atoms with van der Waals surface area (Å²) in [6, 6.07) is 7.08. The van der Waals surface area contributed by atoms with Crippen LogP contribution in [-0.2, 0) is 12.5 Å². The van der Waals surface area contributed by atoms with Gasteiger partial charge in [-0.15, -0.1) is 21.8 Å². The zero-order chi connectivity index (χ0) is 11.4. The highest BCUT2D eigenvalue weighted by Crippen LogP contribution is 2.18. The Morgan fingerprint density at radius 1 is 1.25 bits per heavy atom. The lowest BCUT2D eigenvalue weighted by Crippen LogP contribution is -1.95. The fourth-order valence-corrected chi connectivity index (χ4v) is 1.39. The van der Waals surface area contributed by atoms with E-state index in [1.54, 1.807) is 24.3 Å². The molecule has 0 aliphatic heterocycles. The lowest BCUT2D eigenvalue weighted by molar-refractivity contribution is 0.260. The summed E-state index contributed by atoms with van der Waals surface area (Å²) in [4.78, 5) is 0. The van der Waals surface area contributed by atoms with E-state index in [1.165, 1.54) is 0 Å². The largest absolute Gasteiger partial charge is 0.484 e. The van der Waals surface area contributed by atoms with Crippen molar-refractivity contribution in [1.29, 1.82) is 0 Å². The Balaban J connectivity index is 1.96. The Labute approximate surface area is 102 Å². The second-order valence-corrected chi connectivity index (χ2v) is 3.67. The first-order chi connectivity index (χ1) is 7.78. The van der Waals surface area contributed by atoms with Gasteiger partial charge in [0.05, 0.1) is 0 Å². The third kappa shape index (κ3) is 2.87. The summed E-state index contributed by atoms with van der Waals surface area (Å²) >= 11 is 11.3. The first-order valence-corrected chi connectivity index (χ1v) is 5.45. The molecular weight excluding hydrogens is 251 g/mol. The van der Waals surface area contributed by atoms with Crippen LogP contribution in [0.2, 0.25) is 5.02 Å². The molecule has 0 unspecified atom stereocenters. The first-order valence-electron chi connectivity index (χ1n) is 4.53. The number of aromatic nitrogens is 2. The van der Waals surface area contributed by atoms with Crippen LogP contribution in [0.15, 0.2) is 28.7 Å². The summed E-state index contributed by atoms with van der Waals surface area (Å²) in [7, 11) is 0. The Hall–Kier alpha value is -1.26. The van der Waals surface area contributed by atoms with Gasteiger partial charge in [0.1, 0.15) is 11.6 Å². The number of halogens is 2. The SMILES string of the molecule is ClCc1nnc(COc2cccc(Cl)c2)o1. The third-order valence-electron chi connectivity index (χ3n) is 1.78. The summed E-state index contributed by atoms with van der Waals surface area (Å²) in [5.41, 5.74) is 0. The third-order valence-corrected chi connectivity index (χ3v) is 2.25. The van der Waals surface area contributed by atoms with E-state index in [1.807, 2.05) is 0 Å². The van der Waals surface area contributed by atoms with Crippen LogP contribution in [0.5, 0.6) is 5.75 Å². The van der Waals surface area contributed by atoms with Crippen molar-refractivity contribution < 1.29 is 9.15 Å². The minimum atomic E-state index is 0.199. The fourth-order valence-electron chi connectivity index (χ4n) is 1.10. The van der Waals surface area contributed by atoms with E-state index < -0.39 is 0 Å². The molecule has 16 heavy (non-hydrogen) atoms. The summed E-state index contributed by atoms with van der Waals surface area (Å²) < 4.78 is 10.6. The summed E-state index contributed by atoms with van der Waals surface area (Å²) in [5, 5.41) is 8.09. The van der Waals surface area contributed by atoms with Crippen molar-refractivity contribution >= 4 is 23.2 Å². The van der Waals surface area contributed by atoms with Crippen molar-refractivity contribution in [2.75, 3.05) is 0 Å². The molecule has 0 fully saturated rings. The van der Waals surface area contributed by atoms with E-state index in [4.69, 9.17) is 32.4 Å². The van der Waals surface area contributed by atoms with Gasteiger partial charge in [-0.2, -0.15) is 0 Å².